The smallest absolute Gasteiger partial charge is 0.229 e. The summed E-state index contributed by atoms with van der Waals surface area (Å²) in [5, 5.41) is 4.33. The minimum Gasteiger partial charge on any atom is -0.329 e. The number of nitrogens with zero attached hydrogens (tertiary/aromatic N) is 4. The molecule has 0 bridgehead atoms. The molecule has 1 saturated carbocycles. The molecule has 5 rings (SSSR count). The maximum atomic E-state index is 13.8. The van der Waals surface area contributed by atoms with E-state index in [0.29, 0.717) is 28.3 Å². The molecule has 1 aliphatic rings. The van der Waals surface area contributed by atoms with Gasteiger partial charge in [0.15, 0.2) is 5.78 Å². The van der Waals surface area contributed by atoms with Crippen LogP contribution in [0.5, 0.6) is 0 Å². The van der Waals surface area contributed by atoms with Gasteiger partial charge in [-0.15, -0.1) is 0 Å². The maximum absolute atomic E-state index is 13.8. The van der Waals surface area contributed by atoms with Gasteiger partial charge in [-0.05, 0) is 76.5 Å². The molecule has 0 saturated heterocycles. The lowest BCUT2D eigenvalue weighted by molar-refractivity contribution is 0.101. The highest BCUT2D eigenvalue weighted by Crippen LogP contribution is 2.37. The van der Waals surface area contributed by atoms with Crippen molar-refractivity contribution in [3.05, 3.63) is 71.3 Å². The first-order chi connectivity index (χ1) is 20.8. The van der Waals surface area contributed by atoms with Crippen molar-refractivity contribution in [3.63, 3.8) is 0 Å². The minimum absolute atomic E-state index is 0.0442. The van der Waals surface area contributed by atoms with E-state index >= 15 is 0 Å². The Morgan fingerprint density at radius 3 is 2.44 bits per heavy atom. The number of carbonyl (C=O) groups excluding carboxylic acids is 1. The Hall–Kier alpha value is -3.29. The van der Waals surface area contributed by atoms with E-state index in [0.717, 1.165) is 35.0 Å². The van der Waals surface area contributed by atoms with Gasteiger partial charge in [0.25, 0.3) is 0 Å². The number of nitrogens with one attached hydrogen (secondary N) is 1. The molecule has 2 heterocycles. The molecule has 0 spiro atoms. The molecule has 230 valence electrons. The highest BCUT2D eigenvalue weighted by atomic mass is 35.5. The van der Waals surface area contributed by atoms with Crippen molar-refractivity contribution in [2.24, 2.45) is 0 Å². The van der Waals surface area contributed by atoms with E-state index in [-0.39, 0.29) is 5.78 Å². The summed E-state index contributed by atoms with van der Waals surface area (Å²) in [6.45, 7) is 8.58. The number of rotatable bonds is 11. The van der Waals surface area contributed by atoms with Crippen LogP contribution in [0.4, 0.5) is 16.0 Å². The van der Waals surface area contributed by atoms with Gasteiger partial charge in [0.2, 0.25) is 5.95 Å². The van der Waals surface area contributed by atoms with Crippen molar-refractivity contribution in [3.8, 4) is 11.1 Å². The average Bonchev–Trinajstić information content (AvgIpc) is 3.37. The lowest BCUT2D eigenvalue weighted by atomic mass is 9.95. The third kappa shape index (κ3) is 9.10. The zero-order valence-corrected chi connectivity index (χ0v) is 26.8. The quantitative estimate of drug-likeness (QED) is 0.136. The first-order valence-electron chi connectivity index (χ1n) is 15.7. The molecule has 1 aliphatic carbocycles. The van der Waals surface area contributed by atoms with Gasteiger partial charge in [0.05, 0.1) is 0 Å². The fraction of sp³-hybridized carbons (Fsp3) is 0.457. The number of fused-ring (bicyclic) bond motifs is 1. The van der Waals surface area contributed by atoms with Crippen LogP contribution in [0.2, 0.25) is 5.02 Å². The van der Waals surface area contributed by atoms with Crippen LogP contribution in [0.3, 0.4) is 0 Å². The molecule has 0 unspecified atom stereocenters. The van der Waals surface area contributed by atoms with E-state index < -0.39 is 5.82 Å². The third-order valence-corrected chi connectivity index (χ3v) is 8.23. The second-order valence-electron chi connectivity index (χ2n) is 11.6. The number of ketones is 1. The summed E-state index contributed by atoms with van der Waals surface area (Å²) < 4.78 is 16.0. The van der Waals surface area contributed by atoms with Crippen LogP contribution in [-0.2, 0) is 0 Å². The molecule has 1 N–H and O–H groups in total. The van der Waals surface area contributed by atoms with Crippen LogP contribution in [0, 0.1) is 5.82 Å². The SMILES string of the molecule is CC(=O)c1ccc(-c2cn(C3CCCCC3)c3nc(Nc4cc(F)cc(Cl)c4)ncc23)cc1.CCCCCN(C)CCC. The number of carbonyl (C=O) groups is 1. The van der Waals surface area contributed by atoms with Crippen molar-refractivity contribution in [2.75, 3.05) is 25.5 Å². The Morgan fingerprint density at radius 2 is 1.79 bits per heavy atom. The van der Waals surface area contributed by atoms with E-state index in [1.165, 1.54) is 70.2 Å². The van der Waals surface area contributed by atoms with Crippen molar-refractivity contribution in [2.45, 2.75) is 84.6 Å². The number of halogens is 2. The standard InChI is InChI=1S/C26H24ClFN4O.C9H21N/c1-16(33)17-7-9-18(10-8-17)24-15-32(22-5-3-2-4-6-22)25-23(24)14-29-26(31-25)30-21-12-19(27)11-20(28)13-21;1-4-6-7-9-10(3)8-5-2/h7-15,22H,2-6H2,1H3,(H,29,30,31);4-9H2,1-3H3. The first-order valence-corrected chi connectivity index (χ1v) is 16.1. The first kappa shape index (κ1) is 32.6. The molecule has 2 aromatic carbocycles. The minimum atomic E-state index is -0.423. The Kier molecular flexibility index (Phi) is 12.1. The van der Waals surface area contributed by atoms with Gasteiger partial charge in [-0.1, -0.05) is 81.8 Å². The zero-order chi connectivity index (χ0) is 30.8. The van der Waals surface area contributed by atoms with E-state index in [1.54, 1.807) is 19.2 Å². The number of Topliss-reactive ketones (excluding diaryl/α,β-unsaturated/α-hetero) is 1. The van der Waals surface area contributed by atoms with Crippen LogP contribution < -0.4 is 5.32 Å². The summed E-state index contributed by atoms with van der Waals surface area (Å²) in [7, 11) is 2.21. The molecule has 0 atom stereocenters. The second-order valence-corrected chi connectivity index (χ2v) is 12.0. The van der Waals surface area contributed by atoms with Crippen LogP contribution in [-0.4, -0.2) is 45.4 Å². The highest BCUT2D eigenvalue weighted by Gasteiger charge is 2.21. The lowest BCUT2D eigenvalue weighted by Gasteiger charge is -2.23. The number of benzene rings is 2. The number of hydrogen-bond donors (Lipinski definition) is 1. The van der Waals surface area contributed by atoms with Crippen LogP contribution in [0.15, 0.2) is 54.9 Å². The molecule has 0 aliphatic heterocycles. The van der Waals surface area contributed by atoms with Crippen LogP contribution in [0.25, 0.3) is 22.2 Å². The van der Waals surface area contributed by atoms with Gasteiger partial charge >= 0.3 is 0 Å². The van der Waals surface area contributed by atoms with Gasteiger partial charge in [-0.2, -0.15) is 4.98 Å². The molecule has 4 aromatic rings. The molecule has 0 amide bonds. The van der Waals surface area contributed by atoms with Gasteiger partial charge in [-0.3, -0.25) is 4.79 Å². The molecule has 2 aromatic heterocycles. The monoisotopic (exact) mass is 605 g/mol. The second kappa shape index (κ2) is 16.0. The summed E-state index contributed by atoms with van der Waals surface area (Å²) in [4.78, 5) is 23.4. The van der Waals surface area contributed by atoms with E-state index in [9.17, 15) is 9.18 Å². The Morgan fingerprint density at radius 1 is 1.05 bits per heavy atom. The summed E-state index contributed by atoms with van der Waals surface area (Å²) in [6, 6.07) is 12.3. The van der Waals surface area contributed by atoms with Gasteiger partial charge in [-0.25, -0.2) is 9.37 Å². The average molecular weight is 606 g/mol. The summed E-state index contributed by atoms with van der Waals surface area (Å²) in [6.07, 6.45) is 15.2. The molecule has 0 radical (unpaired) electrons. The van der Waals surface area contributed by atoms with E-state index in [4.69, 9.17) is 16.6 Å². The van der Waals surface area contributed by atoms with Crippen molar-refractivity contribution < 1.29 is 9.18 Å². The maximum Gasteiger partial charge on any atom is 0.229 e. The van der Waals surface area contributed by atoms with Crippen molar-refractivity contribution >= 4 is 40.1 Å². The van der Waals surface area contributed by atoms with Gasteiger partial charge in [0, 0.05) is 45.7 Å². The topological polar surface area (TPSA) is 63.1 Å². The summed E-state index contributed by atoms with van der Waals surface area (Å²) in [5.74, 6) is 0.00782. The Labute approximate surface area is 260 Å². The molecule has 6 nitrogen and oxygen atoms in total. The number of aromatic nitrogens is 3. The number of unbranched alkanes of at least 4 members (excludes halogenated alkanes) is 2. The Bertz CT molecular complexity index is 1460. The van der Waals surface area contributed by atoms with E-state index in [2.05, 4.69) is 46.9 Å². The molecule has 1 fully saturated rings. The lowest BCUT2D eigenvalue weighted by Crippen LogP contribution is -2.20. The largest absolute Gasteiger partial charge is 0.329 e. The van der Waals surface area contributed by atoms with E-state index in [1.807, 2.05) is 24.3 Å². The third-order valence-electron chi connectivity index (χ3n) is 8.01. The van der Waals surface area contributed by atoms with Crippen LogP contribution >= 0.6 is 11.6 Å². The summed E-state index contributed by atoms with van der Waals surface area (Å²) >= 11 is 5.99. The summed E-state index contributed by atoms with van der Waals surface area (Å²) in [5.41, 5.74) is 4.07. The Balaban J connectivity index is 0.000000365. The van der Waals surface area contributed by atoms with Crippen LogP contribution in [0.1, 0.15) is 95.0 Å². The zero-order valence-electron chi connectivity index (χ0n) is 26.0. The predicted octanol–water partition coefficient (Wildman–Crippen LogP) is 9.86. The molecule has 8 heteroatoms. The predicted molar refractivity (Wildman–Crippen MR) is 177 cm³/mol. The number of hydrogen-bond acceptors (Lipinski definition) is 5. The highest BCUT2D eigenvalue weighted by molar-refractivity contribution is 6.30. The van der Waals surface area contributed by atoms with Gasteiger partial charge < -0.3 is 14.8 Å². The molecular weight excluding hydrogens is 561 g/mol. The van der Waals surface area contributed by atoms with Crippen molar-refractivity contribution in [1.82, 2.24) is 19.4 Å². The fourth-order valence-corrected chi connectivity index (χ4v) is 5.94. The van der Waals surface area contributed by atoms with Crippen molar-refractivity contribution in [1.29, 1.82) is 0 Å². The molecular formula is C35H45ClFN5O. The fourth-order valence-electron chi connectivity index (χ4n) is 5.72. The number of anilines is 2. The molecule has 43 heavy (non-hydrogen) atoms. The van der Waals surface area contributed by atoms with Gasteiger partial charge in [0.1, 0.15) is 11.5 Å². The normalized spacial score (nSPS) is 13.7.